The maximum atomic E-state index is 13.2. The number of hydrogen-bond donors (Lipinski definition) is 1. The molecule has 0 spiro atoms. The Kier molecular flexibility index (Phi) is 5.39. The van der Waals surface area contributed by atoms with Crippen molar-refractivity contribution in [1.82, 2.24) is 9.88 Å². The SMILES string of the molecule is COc1ccc(C(=O)N(Cc2ccco2)Cc2cc3ccc(C)cc3[nH]c2=O)cc1. The number of nitrogens with zero attached hydrogens (tertiary/aromatic N) is 1. The van der Waals surface area contributed by atoms with Crippen LogP contribution in [0.3, 0.4) is 0 Å². The van der Waals surface area contributed by atoms with Crippen LogP contribution in [0, 0.1) is 6.92 Å². The van der Waals surface area contributed by atoms with Crippen molar-refractivity contribution in [3.63, 3.8) is 0 Å². The van der Waals surface area contributed by atoms with Gasteiger partial charge in [0.1, 0.15) is 11.5 Å². The summed E-state index contributed by atoms with van der Waals surface area (Å²) in [5.74, 6) is 1.12. The lowest BCUT2D eigenvalue weighted by molar-refractivity contribution is 0.0717. The van der Waals surface area contributed by atoms with E-state index in [1.165, 1.54) is 0 Å². The van der Waals surface area contributed by atoms with E-state index in [0.29, 0.717) is 22.6 Å². The number of ether oxygens (including phenoxy) is 1. The molecule has 2 aromatic heterocycles. The molecule has 2 aromatic carbocycles. The summed E-state index contributed by atoms with van der Waals surface area (Å²) < 4.78 is 10.6. The number of aromatic amines is 1. The monoisotopic (exact) mass is 402 g/mol. The van der Waals surface area contributed by atoms with Crippen molar-refractivity contribution in [3.05, 3.63) is 99.7 Å². The van der Waals surface area contributed by atoms with Gasteiger partial charge in [-0.1, -0.05) is 12.1 Å². The van der Waals surface area contributed by atoms with Crippen LogP contribution in [-0.2, 0) is 13.1 Å². The fourth-order valence-electron chi connectivity index (χ4n) is 3.39. The highest BCUT2D eigenvalue weighted by atomic mass is 16.5. The minimum atomic E-state index is -0.208. The summed E-state index contributed by atoms with van der Waals surface area (Å²) in [6.45, 7) is 2.39. The third-order valence-electron chi connectivity index (χ3n) is 4.99. The second-order valence-corrected chi connectivity index (χ2v) is 7.18. The molecule has 30 heavy (non-hydrogen) atoms. The van der Waals surface area contributed by atoms with Gasteiger partial charge in [-0.3, -0.25) is 9.59 Å². The number of furan rings is 1. The second kappa shape index (κ2) is 8.29. The van der Waals surface area contributed by atoms with Crippen LogP contribution in [0.5, 0.6) is 5.75 Å². The zero-order chi connectivity index (χ0) is 21.1. The van der Waals surface area contributed by atoms with Crippen molar-refractivity contribution in [2.45, 2.75) is 20.0 Å². The van der Waals surface area contributed by atoms with Gasteiger partial charge < -0.3 is 19.0 Å². The summed E-state index contributed by atoms with van der Waals surface area (Å²) >= 11 is 0. The number of benzene rings is 2. The highest BCUT2D eigenvalue weighted by molar-refractivity contribution is 5.94. The first-order valence-corrected chi connectivity index (χ1v) is 9.62. The molecular formula is C24H22N2O4. The number of methoxy groups -OCH3 is 1. The number of carbonyl (C=O) groups excluding carboxylic acids is 1. The highest BCUT2D eigenvalue weighted by Gasteiger charge is 2.19. The minimum Gasteiger partial charge on any atom is -0.497 e. The van der Waals surface area contributed by atoms with Crippen LogP contribution in [0.25, 0.3) is 10.9 Å². The van der Waals surface area contributed by atoms with Crippen molar-refractivity contribution < 1.29 is 13.9 Å². The van der Waals surface area contributed by atoms with Crippen LogP contribution in [-0.4, -0.2) is 22.9 Å². The number of fused-ring (bicyclic) bond motifs is 1. The van der Waals surface area contributed by atoms with Crippen molar-refractivity contribution in [2.75, 3.05) is 7.11 Å². The van der Waals surface area contributed by atoms with E-state index in [0.717, 1.165) is 16.5 Å². The molecule has 0 radical (unpaired) electrons. The number of pyridine rings is 1. The molecule has 0 aliphatic rings. The molecule has 6 heteroatoms. The van der Waals surface area contributed by atoms with Gasteiger partial charge >= 0.3 is 0 Å². The van der Waals surface area contributed by atoms with Gasteiger partial charge in [-0.25, -0.2) is 0 Å². The van der Waals surface area contributed by atoms with Crippen molar-refractivity contribution in [2.24, 2.45) is 0 Å². The summed E-state index contributed by atoms with van der Waals surface area (Å²) in [7, 11) is 1.58. The fraction of sp³-hybridized carbons (Fsp3) is 0.167. The highest BCUT2D eigenvalue weighted by Crippen LogP contribution is 2.18. The van der Waals surface area contributed by atoms with E-state index >= 15 is 0 Å². The molecular weight excluding hydrogens is 380 g/mol. The molecule has 1 amide bonds. The van der Waals surface area contributed by atoms with Gasteiger partial charge in [0.2, 0.25) is 0 Å². The normalized spacial score (nSPS) is 10.9. The maximum absolute atomic E-state index is 13.2. The van der Waals surface area contributed by atoms with Crippen LogP contribution in [0.1, 0.15) is 27.2 Å². The smallest absolute Gasteiger partial charge is 0.254 e. The molecule has 0 aliphatic heterocycles. The quantitative estimate of drug-likeness (QED) is 0.522. The van der Waals surface area contributed by atoms with Gasteiger partial charge in [0.25, 0.3) is 11.5 Å². The molecule has 4 rings (SSSR count). The summed E-state index contributed by atoms with van der Waals surface area (Å²) in [6.07, 6.45) is 1.57. The lowest BCUT2D eigenvalue weighted by atomic mass is 10.1. The molecule has 152 valence electrons. The molecule has 0 bridgehead atoms. The number of carbonyl (C=O) groups is 1. The Morgan fingerprint density at radius 2 is 1.87 bits per heavy atom. The van der Waals surface area contributed by atoms with Crippen LogP contribution in [0.15, 0.2) is 76.1 Å². The first-order chi connectivity index (χ1) is 14.5. The minimum absolute atomic E-state index is 0.157. The molecule has 1 N–H and O–H groups in total. The largest absolute Gasteiger partial charge is 0.497 e. The third-order valence-corrected chi connectivity index (χ3v) is 4.99. The molecule has 0 fully saturated rings. The molecule has 6 nitrogen and oxygen atoms in total. The zero-order valence-corrected chi connectivity index (χ0v) is 16.8. The molecule has 0 saturated carbocycles. The van der Waals surface area contributed by atoms with E-state index in [1.54, 1.807) is 48.6 Å². The average molecular weight is 402 g/mol. The number of rotatable bonds is 6. The summed E-state index contributed by atoms with van der Waals surface area (Å²) in [4.78, 5) is 30.4. The van der Waals surface area contributed by atoms with Crippen molar-refractivity contribution in [1.29, 1.82) is 0 Å². The Hall–Kier alpha value is -3.80. The van der Waals surface area contributed by atoms with E-state index in [2.05, 4.69) is 4.98 Å². The second-order valence-electron chi connectivity index (χ2n) is 7.18. The average Bonchev–Trinajstić information content (AvgIpc) is 3.26. The Bertz CT molecular complexity index is 1220. The van der Waals surface area contributed by atoms with Crippen LogP contribution < -0.4 is 10.3 Å². The Morgan fingerprint density at radius 1 is 1.07 bits per heavy atom. The van der Waals surface area contributed by atoms with Gasteiger partial charge in [0.15, 0.2) is 0 Å². The van der Waals surface area contributed by atoms with Gasteiger partial charge in [0, 0.05) is 16.6 Å². The number of H-pyrrole nitrogens is 1. The summed E-state index contributed by atoms with van der Waals surface area (Å²) in [6, 6.07) is 18.2. The first kappa shape index (κ1) is 19.5. The van der Waals surface area contributed by atoms with E-state index < -0.39 is 0 Å². The van der Waals surface area contributed by atoms with Crippen molar-refractivity contribution in [3.8, 4) is 5.75 Å². The van der Waals surface area contributed by atoms with Crippen LogP contribution in [0.4, 0.5) is 0 Å². The third kappa shape index (κ3) is 4.12. The molecule has 0 aliphatic carbocycles. The number of hydrogen-bond acceptors (Lipinski definition) is 4. The Morgan fingerprint density at radius 3 is 2.57 bits per heavy atom. The standard InChI is InChI=1S/C24H22N2O4/c1-16-5-6-18-13-19(23(27)25-22(18)12-16)14-26(15-21-4-3-11-30-21)24(28)17-7-9-20(29-2)10-8-17/h3-13H,14-15H2,1-2H3,(H,25,27). The number of amides is 1. The van der Waals surface area contributed by atoms with Crippen LogP contribution in [0.2, 0.25) is 0 Å². The van der Waals surface area contributed by atoms with E-state index in [-0.39, 0.29) is 24.6 Å². The van der Waals surface area contributed by atoms with Gasteiger partial charge in [-0.2, -0.15) is 0 Å². The van der Waals surface area contributed by atoms with Crippen LogP contribution >= 0.6 is 0 Å². The Balaban J connectivity index is 1.68. The number of aromatic nitrogens is 1. The first-order valence-electron chi connectivity index (χ1n) is 9.62. The predicted octanol–water partition coefficient (Wildman–Crippen LogP) is 4.28. The van der Waals surface area contributed by atoms with Gasteiger partial charge in [0.05, 0.1) is 26.5 Å². The molecule has 0 atom stereocenters. The Labute approximate surface area is 173 Å². The summed E-state index contributed by atoms with van der Waals surface area (Å²) in [5, 5.41) is 0.921. The summed E-state index contributed by atoms with van der Waals surface area (Å²) in [5.41, 5.74) is 2.66. The van der Waals surface area contributed by atoms with E-state index in [9.17, 15) is 9.59 Å². The molecule has 0 saturated heterocycles. The lowest BCUT2D eigenvalue weighted by Gasteiger charge is -2.22. The van der Waals surface area contributed by atoms with Gasteiger partial charge in [-0.15, -0.1) is 0 Å². The van der Waals surface area contributed by atoms with Gasteiger partial charge in [-0.05, 0) is 66.4 Å². The topological polar surface area (TPSA) is 75.5 Å². The number of aryl methyl sites for hydroxylation is 1. The van der Waals surface area contributed by atoms with Crippen molar-refractivity contribution >= 4 is 16.8 Å². The van der Waals surface area contributed by atoms with E-state index in [4.69, 9.17) is 9.15 Å². The molecule has 2 heterocycles. The lowest BCUT2D eigenvalue weighted by Crippen LogP contribution is -2.32. The molecule has 0 unspecified atom stereocenters. The number of nitrogens with one attached hydrogen (secondary N) is 1. The van der Waals surface area contributed by atoms with E-state index in [1.807, 2.05) is 37.3 Å². The zero-order valence-electron chi connectivity index (χ0n) is 16.8. The predicted molar refractivity (Wildman–Crippen MR) is 115 cm³/mol. The maximum Gasteiger partial charge on any atom is 0.254 e. The molecule has 4 aromatic rings. The fourth-order valence-corrected chi connectivity index (χ4v) is 3.39.